The standard InChI is InChI=1S/C12H13ClN2O4/c13-11-4-3-8(15(18)19)6-10(11)12(17)14-5-1-2-9(14)7-16/h3-4,6,9,16H,1-2,5,7H2/t9-/m0/s1. The molecule has 1 aromatic rings. The largest absolute Gasteiger partial charge is 0.394 e. The number of aliphatic hydroxyl groups excluding tert-OH is 1. The van der Waals surface area contributed by atoms with E-state index in [-0.39, 0.29) is 34.8 Å². The van der Waals surface area contributed by atoms with Gasteiger partial charge in [-0.2, -0.15) is 0 Å². The second kappa shape index (κ2) is 5.54. The second-order valence-corrected chi connectivity index (χ2v) is 4.81. The van der Waals surface area contributed by atoms with Crippen molar-refractivity contribution in [3.63, 3.8) is 0 Å². The highest BCUT2D eigenvalue weighted by Gasteiger charge is 2.30. The molecule has 0 radical (unpaired) electrons. The Morgan fingerprint density at radius 1 is 1.58 bits per heavy atom. The van der Waals surface area contributed by atoms with Crippen LogP contribution < -0.4 is 0 Å². The number of carbonyl (C=O) groups excluding carboxylic acids is 1. The maximum atomic E-state index is 12.3. The molecule has 6 nitrogen and oxygen atoms in total. The topological polar surface area (TPSA) is 83.7 Å². The summed E-state index contributed by atoms with van der Waals surface area (Å²) in [7, 11) is 0. The predicted molar refractivity (Wildman–Crippen MR) is 69.3 cm³/mol. The quantitative estimate of drug-likeness (QED) is 0.678. The average molecular weight is 285 g/mol. The molecular formula is C12H13ClN2O4. The van der Waals surface area contributed by atoms with Gasteiger partial charge in [0.2, 0.25) is 0 Å². The minimum Gasteiger partial charge on any atom is -0.394 e. The molecule has 0 bridgehead atoms. The van der Waals surface area contributed by atoms with E-state index >= 15 is 0 Å². The summed E-state index contributed by atoms with van der Waals surface area (Å²) in [5.41, 5.74) is -0.0660. The first-order valence-electron chi connectivity index (χ1n) is 5.90. The molecule has 0 spiro atoms. The second-order valence-electron chi connectivity index (χ2n) is 4.40. The molecule has 102 valence electrons. The first-order chi connectivity index (χ1) is 9.04. The number of non-ortho nitro benzene ring substituents is 1. The zero-order valence-corrected chi connectivity index (χ0v) is 10.8. The van der Waals surface area contributed by atoms with Crippen molar-refractivity contribution in [1.29, 1.82) is 0 Å². The molecule has 1 atom stereocenters. The lowest BCUT2D eigenvalue weighted by molar-refractivity contribution is -0.384. The fourth-order valence-corrected chi connectivity index (χ4v) is 2.44. The smallest absolute Gasteiger partial charge is 0.270 e. The molecule has 1 saturated heterocycles. The number of carbonyl (C=O) groups is 1. The Labute approximate surface area is 114 Å². The fourth-order valence-electron chi connectivity index (χ4n) is 2.24. The first-order valence-corrected chi connectivity index (χ1v) is 6.28. The van der Waals surface area contributed by atoms with Gasteiger partial charge in [0.25, 0.3) is 11.6 Å². The maximum Gasteiger partial charge on any atom is 0.270 e. The number of amides is 1. The molecule has 0 unspecified atom stereocenters. The molecular weight excluding hydrogens is 272 g/mol. The van der Waals surface area contributed by atoms with Gasteiger partial charge in [0, 0.05) is 18.7 Å². The maximum absolute atomic E-state index is 12.3. The Morgan fingerprint density at radius 2 is 2.32 bits per heavy atom. The van der Waals surface area contributed by atoms with Gasteiger partial charge in [-0.1, -0.05) is 11.6 Å². The van der Waals surface area contributed by atoms with Crippen LogP contribution in [-0.4, -0.2) is 40.0 Å². The zero-order chi connectivity index (χ0) is 14.0. The highest BCUT2D eigenvalue weighted by molar-refractivity contribution is 6.33. The van der Waals surface area contributed by atoms with E-state index in [2.05, 4.69) is 0 Å². The van der Waals surface area contributed by atoms with E-state index in [1.165, 1.54) is 23.1 Å². The SMILES string of the molecule is O=C(c1cc([N+](=O)[O-])ccc1Cl)N1CCC[C@H]1CO. The third-order valence-electron chi connectivity index (χ3n) is 3.24. The Balaban J connectivity index is 2.32. The van der Waals surface area contributed by atoms with Gasteiger partial charge in [0.1, 0.15) is 0 Å². The van der Waals surface area contributed by atoms with Crippen LogP contribution in [0.2, 0.25) is 5.02 Å². The number of benzene rings is 1. The van der Waals surface area contributed by atoms with Crippen LogP contribution in [0.3, 0.4) is 0 Å². The predicted octanol–water partition coefficient (Wildman–Crippen LogP) is 1.85. The van der Waals surface area contributed by atoms with Crippen molar-refractivity contribution < 1.29 is 14.8 Å². The summed E-state index contributed by atoms with van der Waals surface area (Å²) in [6.45, 7) is 0.418. The summed E-state index contributed by atoms with van der Waals surface area (Å²) in [5.74, 6) is -0.370. The third kappa shape index (κ3) is 2.69. The van der Waals surface area contributed by atoms with Crippen LogP contribution in [0.15, 0.2) is 18.2 Å². The molecule has 1 aliphatic heterocycles. The summed E-state index contributed by atoms with van der Waals surface area (Å²) < 4.78 is 0. The molecule has 0 saturated carbocycles. The van der Waals surface area contributed by atoms with Crippen LogP contribution >= 0.6 is 11.6 Å². The number of halogens is 1. The number of hydrogen-bond donors (Lipinski definition) is 1. The molecule has 0 aromatic heterocycles. The molecule has 1 heterocycles. The number of nitro groups is 1. The molecule has 1 amide bonds. The van der Waals surface area contributed by atoms with Crippen molar-refractivity contribution in [2.24, 2.45) is 0 Å². The van der Waals surface area contributed by atoms with E-state index in [0.29, 0.717) is 6.54 Å². The van der Waals surface area contributed by atoms with Gasteiger partial charge in [-0.05, 0) is 18.9 Å². The van der Waals surface area contributed by atoms with E-state index in [1.54, 1.807) is 0 Å². The Hall–Kier alpha value is -1.66. The summed E-state index contributed by atoms with van der Waals surface area (Å²) in [6, 6.07) is 3.55. The lowest BCUT2D eigenvalue weighted by Gasteiger charge is -2.23. The summed E-state index contributed by atoms with van der Waals surface area (Å²) >= 11 is 5.93. The molecule has 7 heteroatoms. The van der Waals surface area contributed by atoms with Crippen LogP contribution in [0, 0.1) is 10.1 Å². The van der Waals surface area contributed by atoms with Gasteiger partial charge in [-0.15, -0.1) is 0 Å². The normalized spacial score (nSPS) is 18.6. The van der Waals surface area contributed by atoms with E-state index in [0.717, 1.165) is 12.8 Å². The number of nitro benzene ring substituents is 1. The first kappa shape index (κ1) is 13.8. The number of hydrogen-bond acceptors (Lipinski definition) is 4. The summed E-state index contributed by atoms with van der Waals surface area (Å²) in [6.07, 6.45) is 1.54. The van der Waals surface area contributed by atoms with Crippen LogP contribution in [0.1, 0.15) is 23.2 Å². The van der Waals surface area contributed by atoms with Gasteiger partial charge < -0.3 is 10.0 Å². The Morgan fingerprint density at radius 3 is 2.95 bits per heavy atom. The Kier molecular flexibility index (Phi) is 4.01. The molecule has 0 aliphatic carbocycles. The highest BCUT2D eigenvalue weighted by Crippen LogP contribution is 2.26. The molecule has 1 aliphatic rings. The van der Waals surface area contributed by atoms with Gasteiger partial charge in [0.15, 0.2) is 0 Å². The highest BCUT2D eigenvalue weighted by atomic mass is 35.5. The lowest BCUT2D eigenvalue weighted by Crippen LogP contribution is -2.37. The summed E-state index contributed by atoms with van der Waals surface area (Å²) in [5, 5.41) is 20.1. The Bertz CT molecular complexity index is 520. The van der Waals surface area contributed by atoms with Gasteiger partial charge in [0.05, 0.1) is 28.2 Å². The minimum atomic E-state index is -0.569. The number of rotatable bonds is 3. The minimum absolute atomic E-state index is 0.108. The monoisotopic (exact) mass is 284 g/mol. The van der Waals surface area contributed by atoms with Crippen LogP contribution in [-0.2, 0) is 0 Å². The van der Waals surface area contributed by atoms with Gasteiger partial charge >= 0.3 is 0 Å². The van der Waals surface area contributed by atoms with E-state index in [4.69, 9.17) is 11.6 Å². The molecule has 1 aromatic carbocycles. The third-order valence-corrected chi connectivity index (χ3v) is 3.57. The van der Waals surface area contributed by atoms with Crippen molar-refractivity contribution in [2.75, 3.05) is 13.2 Å². The molecule has 2 rings (SSSR count). The molecule has 1 N–H and O–H groups in total. The number of likely N-dealkylation sites (tertiary alicyclic amines) is 1. The molecule has 19 heavy (non-hydrogen) atoms. The van der Waals surface area contributed by atoms with Gasteiger partial charge in [-0.25, -0.2) is 0 Å². The van der Waals surface area contributed by atoms with Gasteiger partial charge in [-0.3, -0.25) is 14.9 Å². The van der Waals surface area contributed by atoms with Crippen molar-refractivity contribution in [3.05, 3.63) is 38.9 Å². The lowest BCUT2D eigenvalue weighted by atomic mass is 10.1. The van der Waals surface area contributed by atoms with E-state index in [9.17, 15) is 20.0 Å². The summed E-state index contributed by atoms with van der Waals surface area (Å²) in [4.78, 5) is 24.0. The van der Waals surface area contributed by atoms with E-state index < -0.39 is 4.92 Å². The molecule has 1 fully saturated rings. The zero-order valence-electron chi connectivity index (χ0n) is 10.1. The van der Waals surface area contributed by atoms with Crippen molar-refractivity contribution >= 4 is 23.2 Å². The van der Waals surface area contributed by atoms with Crippen LogP contribution in [0.4, 0.5) is 5.69 Å². The van der Waals surface area contributed by atoms with Crippen molar-refractivity contribution in [3.8, 4) is 0 Å². The van der Waals surface area contributed by atoms with Crippen LogP contribution in [0.25, 0.3) is 0 Å². The van der Waals surface area contributed by atoms with E-state index in [1.807, 2.05) is 0 Å². The average Bonchev–Trinajstić information content (AvgIpc) is 2.86. The van der Waals surface area contributed by atoms with Crippen molar-refractivity contribution in [2.45, 2.75) is 18.9 Å². The van der Waals surface area contributed by atoms with Crippen LogP contribution in [0.5, 0.6) is 0 Å². The fraction of sp³-hybridized carbons (Fsp3) is 0.417. The number of nitrogens with zero attached hydrogens (tertiary/aromatic N) is 2. The van der Waals surface area contributed by atoms with Crippen molar-refractivity contribution in [1.82, 2.24) is 4.90 Å². The number of aliphatic hydroxyl groups is 1.